The summed E-state index contributed by atoms with van der Waals surface area (Å²) < 4.78 is 11.3. The SMILES string of the molecule is CCCCOc1ccc(NC(=O)CCc2nnc(-c3ccsc3)o2)c(C)c1. The number of rotatable bonds is 9. The number of thiophene rings is 1. The van der Waals surface area contributed by atoms with Crippen molar-refractivity contribution in [1.29, 1.82) is 0 Å². The molecule has 0 atom stereocenters. The molecule has 0 saturated carbocycles. The van der Waals surface area contributed by atoms with E-state index >= 15 is 0 Å². The molecule has 0 bridgehead atoms. The van der Waals surface area contributed by atoms with Crippen LogP contribution in [0.1, 0.15) is 37.6 Å². The minimum Gasteiger partial charge on any atom is -0.494 e. The molecule has 1 N–H and O–H groups in total. The smallest absolute Gasteiger partial charge is 0.248 e. The van der Waals surface area contributed by atoms with Crippen LogP contribution >= 0.6 is 11.3 Å². The van der Waals surface area contributed by atoms with Gasteiger partial charge in [-0.05, 0) is 48.6 Å². The van der Waals surface area contributed by atoms with Crippen LogP contribution in [0.4, 0.5) is 5.69 Å². The van der Waals surface area contributed by atoms with Crippen molar-refractivity contribution in [2.75, 3.05) is 11.9 Å². The second kappa shape index (κ2) is 9.32. The molecule has 0 aliphatic heterocycles. The summed E-state index contributed by atoms with van der Waals surface area (Å²) in [5.41, 5.74) is 2.65. The average molecular weight is 385 g/mol. The maximum Gasteiger partial charge on any atom is 0.248 e. The first kappa shape index (κ1) is 19.1. The van der Waals surface area contributed by atoms with E-state index in [4.69, 9.17) is 9.15 Å². The Morgan fingerprint density at radius 1 is 1.30 bits per heavy atom. The summed E-state index contributed by atoms with van der Waals surface area (Å²) >= 11 is 1.57. The van der Waals surface area contributed by atoms with Gasteiger partial charge in [-0.25, -0.2) is 0 Å². The fourth-order valence-electron chi connectivity index (χ4n) is 2.49. The number of benzene rings is 1. The van der Waals surface area contributed by atoms with Gasteiger partial charge in [-0.3, -0.25) is 4.79 Å². The number of carbonyl (C=O) groups excluding carboxylic acids is 1. The molecule has 2 aromatic heterocycles. The van der Waals surface area contributed by atoms with E-state index in [0.29, 0.717) is 24.8 Å². The minimum absolute atomic E-state index is 0.0898. The third-order valence-corrected chi connectivity index (χ3v) is 4.72. The molecule has 0 aliphatic rings. The highest BCUT2D eigenvalue weighted by Gasteiger charge is 2.12. The van der Waals surface area contributed by atoms with E-state index in [1.165, 1.54) is 0 Å². The molecule has 27 heavy (non-hydrogen) atoms. The summed E-state index contributed by atoms with van der Waals surface area (Å²) in [6.45, 7) is 4.79. The van der Waals surface area contributed by atoms with Crippen molar-refractivity contribution in [3.05, 3.63) is 46.5 Å². The lowest BCUT2D eigenvalue weighted by atomic mass is 10.2. The van der Waals surface area contributed by atoms with Gasteiger partial charge in [-0.2, -0.15) is 11.3 Å². The number of aromatic nitrogens is 2. The van der Waals surface area contributed by atoms with Crippen LogP contribution in [0.25, 0.3) is 11.5 Å². The van der Waals surface area contributed by atoms with Crippen molar-refractivity contribution in [3.8, 4) is 17.2 Å². The van der Waals surface area contributed by atoms with Gasteiger partial charge in [0.2, 0.25) is 17.7 Å². The summed E-state index contributed by atoms with van der Waals surface area (Å²) in [6, 6.07) is 7.61. The average Bonchev–Trinajstić information content (AvgIpc) is 3.34. The van der Waals surface area contributed by atoms with Gasteiger partial charge in [-0.15, -0.1) is 10.2 Å². The van der Waals surface area contributed by atoms with Crippen molar-refractivity contribution in [2.24, 2.45) is 0 Å². The van der Waals surface area contributed by atoms with E-state index in [-0.39, 0.29) is 12.3 Å². The van der Waals surface area contributed by atoms with Gasteiger partial charge in [0.25, 0.3) is 0 Å². The Balaban J connectivity index is 1.50. The van der Waals surface area contributed by atoms with Crippen LogP contribution in [0.3, 0.4) is 0 Å². The highest BCUT2D eigenvalue weighted by Crippen LogP contribution is 2.23. The normalized spacial score (nSPS) is 10.7. The van der Waals surface area contributed by atoms with Gasteiger partial charge in [0.1, 0.15) is 5.75 Å². The number of unbranched alkanes of at least 4 members (excludes halogenated alkanes) is 1. The van der Waals surface area contributed by atoms with Gasteiger partial charge in [0.15, 0.2) is 0 Å². The summed E-state index contributed by atoms with van der Waals surface area (Å²) in [5.74, 6) is 1.68. The summed E-state index contributed by atoms with van der Waals surface area (Å²) in [5, 5.41) is 14.9. The van der Waals surface area contributed by atoms with Crippen LogP contribution < -0.4 is 10.1 Å². The summed E-state index contributed by atoms with van der Waals surface area (Å²) in [4.78, 5) is 12.2. The third kappa shape index (κ3) is 5.40. The molecule has 0 unspecified atom stereocenters. The second-order valence-electron chi connectivity index (χ2n) is 6.24. The quantitative estimate of drug-likeness (QED) is 0.532. The predicted octanol–water partition coefficient (Wildman–Crippen LogP) is 4.86. The zero-order valence-electron chi connectivity index (χ0n) is 15.5. The molecular formula is C20H23N3O3S. The van der Waals surface area contributed by atoms with Gasteiger partial charge in [0, 0.05) is 29.5 Å². The molecule has 2 heterocycles. The topological polar surface area (TPSA) is 77.2 Å². The second-order valence-corrected chi connectivity index (χ2v) is 7.02. The van der Waals surface area contributed by atoms with E-state index in [9.17, 15) is 4.79 Å². The van der Waals surface area contributed by atoms with E-state index in [0.717, 1.165) is 35.4 Å². The Hall–Kier alpha value is -2.67. The first-order valence-electron chi connectivity index (χ1n) is 9.04. The highest BCUT2D eigenvalue weighted by molar-refractivity contribution is 7.08. The molecule has 3 rings (SSSR count). The first-order chi connectivity index (χ1) is 13.2. The molecule has 1 amide bonds. The highest BCUT2D eigenvalue weighted by atomic mass is 32.1. The number of aryl methyl sites for hydroxylation is 2. The number of anilines is 1. The lowest BCUT2D eigenvalue weighted by Gasteiger charge is -2.11. The van der Waals surface area contributed by atoms with E-state index < -0.39 is 0 Å². The Labute approximate surface area is 162 Å². The van der Waals surface area contributed by atoms with Crippen LogP contribution in [0.5, 0.6) is 5.75 Å². The molecule has 0 spiro atoms. The lowest BCUT2D eigenvalue weighted by molar-refractivity contribution is -0.116. The number of nitrogens with one attached hydrogen (secondary N) is 1. The monoisotopic (exact) mass is 385 g/mol. The van der Waals surface area contributed by atoms with Gasteiger partial charge < -0.3 is 14.5 Å². The number of ether oxygens (including phenoxy) is 1. The van der Waals surface area contributed by atoms with E-state index in [1.807, 2.05) is 41.9 Å². The van der Waals surface area contributed by atoms with Crippen molar-refractivity contribution in [2.45, 2.75) is 39.5 Å². The van der Waals surface area contributed by atoms with E-state index in [2.05, 4.69) is 22.4 Å². The zero-order valence-corrected chi connectivity index (χ0v) is 16.3. The van der Waals surface area contributed by atoms with E-state index in [1.54, 1.807) is 11.3 Å². The van der Waals surface area contributed by atoms with Crippen molar-refractivity contribution in [1.82, 2.24) is 10.2 Å². The third-order valence-electron chi connectivity index (χ3n) is 4.04. The lowest BCUT2D eigenvalue weighted by Crippen LogP contribution is -2.13. The molecule has 6 nitrogen and oxygen atoms in total. The van der Waals surface area contributed by atoms with Gasteiger partial charge in [-0.1, -0.05) is 13.3 Å². The number of hydrogen-bond donors (Lipinski definition) is 1. The molecule has 0 fully saturated rings. The van der Waals surface area contributed by atoms with Crippen LogP contribution in [0.2, 0.25) is 0 Å². The van der Waals surface area contributed by atoms with Crippen molar-refractivity contribution in [3.63, 3.8) is 0 Å². The molecule has 7 heteroatoms. The van der Waals surface area contributed by atoms with Crippen molar-refractivity contribution >= 4 is 22.9 Å². The summed E-state index contributed by atoms with van der Waals surface area (Å²) in [7, 11) is 0. The minimum atomic E-state index is -0.0898. The van der Waals surface area contributed by atoms with Gasteiger partial charge >= 0.3 is 0 Å². The fourth-order valence-corrected chi connectivity index (χ4v) is 3.12. The number of nitrogens with zero attached hydrogens (tertiary/aromatic N) is 2. The summed E-state index contributed by atoms with van der Waals surface area (Å²) in [6.07, 6.45) is 2.81. The molecule has 1 aromatic carbocycles. The Kier molecular flexibility index (Phi) is 6.59. The largest absolute Gasteiger partial charge is 0.494 e. The van der Waals surface area contributed by atoms with Crippen molar-refractivity contribution < 1.29 is 13.9 Å². The van der Waals surface area contributed by atoms with Gasteiger partial charge in [0.05, 0.1) is 6.61 Å². The van der Waals surface area contributed by atoms with Crippen LogP contribution in [0, 0.1) is 6.92 Å². The number of carbonyl (C=O) groups is 1. The van der Waals surface area contributed by atoms with Crippen LogP contribution in [0.15, 0.2) is 39.4 Å². The Bertz CT molecular complexity index is 874. The van der Waals surface area contributed by atoms with Crippen LogP contribution in [-0.4, -0.2) is 22.7 Å². The van der Waals surface area contributed by atoms with Crippen LogP contribution in [-0.2, 0) is 11.2 Å². The standard InChI is InChI=1S/C20H23N3O3S/c1-3-4-10-25-16-5-6-17(14(2)12-16)21-18(24)7-8-19-22-23-20(26-19)15-9-11-27-13-15/h5-6,9,11-13H,3-4,7-8,10H2,1-2H3,(H,21,24). The molecule has 142 valence electrons. The molecular weight excluding hydrogens is 362 g/mol. The molecule has 0 aliphatic carbocycles. The molecule has 0 radical (unpaired) electrons. The zero-order chi connectivity index (χ0) is 19.1. The Morgan fingerprint density at radius 3 is 2.93 bits per heavy atom. The molecule has 3 aromatic rings. The number of hydrogen-bond acceptors (Lipinski definition) is 6. The molecule has 0 saturated heterocycles. The maximum atomic E-state index is 12.2. The fraction of sp³-hybridized carbons (Fsp3) is 0.350. The predicted molar refractivity (Wildman–Crippen MR) is 106 cm³/mol. The maximum absolute atomic E-state index is 12.2. The first-order valence-corrected chi connectivity index (χ1v) is 9.98. The number of amides is 1. The Morgan fingerprint density at radius 2 is 2.19 bits per heavy atom.